The average Bonchev–Trinajstić information content (AvgIpc) is 2.51. The lowest BCUT2D eigenvalue weighted by Gasteiger charge is -2.21. The zero-order valence-electron chi connectivity index (χ0n) is 13.0. The maximum Gasteiger partial charge on any atom is 0.255 e. The normalized spacial score (nSPS) is 11.4. The number of nitrogens with one attached hydrogen (secondary N) is 1. The molecule has 0 aliphatic carbocycles. The van der Waals surface area contributed by atoms with Gasteiger partial charge in [0, 0.05) is 26.2 Å². The molecule has 3 N–H and O–H groups in total. The molecule has 0 aromatic heterocycles. The summed E-state index contributed by atoms with van der Waals surface area (Å²) in [6.07, 6.45) is 0. The van der Waals surface area contributed by atoms with Crippen molar-refractivity contribution in [3.05, 3.63) is 29.8 Å². The molecule has 1 aromatic carbocycles. The Morgan fingerprint density at radius 2 is 1.86 bits per heavy atom. The Labute approximate surface area is 129 Å². The molecule has 7 heteroatoms. The summed E-state index contributed by atoms with van der Waals surface area (Å²) in [5.41, 5.74) is 5.45. The molecule has 0 fully saturated rings. The third kappa shape index (κ3) is 5.08. The van der Waals surface area contributed by atoms with Crippen molar-refractivity contribution in [1.29, 1.82) is 0 Å². The third-order valence-electron chi connectivity index (χ3n) is 3.07. The van der Waals surface area contributed by atoms with E-state index in [1.807, 2.05) is 0 Å². The molecule has 0 heterocycles. The number of ether oxygens (including phenoxy) is 1. The summed E-state index contributed by atoms with van der Waals surface area (Å²) >= 11 is 0. The highest BCUT2D eigenvalue weighted by molar-refractivity contribution is 5.94. The van der Waals surface area contributed by atoms with Crippen LogP contribution < -0.4 is 15.8 Å². The molecule has 0 aliphatic rings. The number of rotatable bonds is 7. The second kappa shape index (κ2) is 8.02. The van der Waals surface area contributed by atoms with Crippen LogP contribution in [0.1, 0.15) is 17.3 Å². The molecule has 7 nitrogen and oxygen atoms in total. The lowest BCUT2D eigenvalue weighted by Crippen LogP contribution is -2.37. The largest absolute Gasteiger partial charge is 0.484 e. The quantitative estimate of drug-likeness (QED) is 0.740. The van der Waals surface area contributed by atoms with Crippen LogP contribution in [0.5, 0.6) is 5.75 Å². The van der Waals surface area contributed by atoms with Gasteiger partial charge in [0.1, 0.15) is 5.75 Å². The fourth-order valence-corrected chi connectivity index (χ4v) is 1.89. The molecule has 0 radical (unpaired) electrons. The van der Waals surface area contributed by atoms with E-state index in [0.717, 1.165) is 0 Å². The number of amides is 3. The number of nitrogens with two attached hydrogens (primary N) is 1. The topological polar surface area (TPSA) is 102 Å². The van der Waals surface area contributed by atoms with Gasteiger partial charge in [0.2, 0.25) is 5.91 Å². The van der Waals surface area contributed by atoms with Crippen molar-refractivity contribution in [1.82, 2.24) is 10.2 Å². The van der Waals surface area contributed by atoms with Crippen LogP contribution in [0.4, 0.5) is 0 Å². The predicted octanol–water partition coefficient (Wildman–Crippen LogP) is 0.00480. The molecule has 22 heavy (non-hydrogen) atoms. The summed E-state index contributed by atoms with van der Waals surface area (Å²) in [7, 11) is 3.20. The smallest absolute Gasteiger partial charge is 0.255 e. The first-order chi connectivity index (χ1) is 10.3. The standard InChI is InChI=1S/C15H21N3O4/c1-10(14(20)17-2)8-18(3)15(21)11-4-6-12(7-5-11)22-9-13(16)19/h4-7,10H,8-9H2,1-3H3,(H2,16,19)(H,17,20). The molecule has 1 aromatic rings. The van der Waals surface area contributed by atoms with Crippen molar-refractivity contribution in [2.45, 2.75) is 6.92 Å². The van der Waals surface area contributed by atoms with Gasteiger partial charge in [-0.05, 0) is 24.3 Å². The molecular weight excluding hydrogens is 286 g/mol. The minimum atomic E-state index is -0.567. The molecule has 1 unspecified atom stereocenters. The van der Waals surface area contributed by atoms with Gasteiger partial charge in [-0.2, -0.15) is 0 Å². The van der Waals surface area contributed by atoms with Crippen LogP contribution >= 0.6 is 0 Å². The number of benzene rings is 1. The van der Waals surface area contributed by atoms with Crippen molar-refractivity contribution in [3.8, 4) is 5.75 Å². The van der Waals surface area contributed by atoms with Crippen molar-refractivity contribution < 1.29 is 19.1 Å². The van der Waals surface area contributed by atoms with Crippen LogP contribution in [0.25, 0.3) is 0 Å². The van der Waals surface area contributed by atoms with Crippen LogP contribution in [0.2, 0.25) is 0 Å². The van der Waals surface area contributed by atoms with E-state index < -0.39 is 5.91 Å². The SMILES string of the molecule is CNC(=O)C(C)CN(C)C(=O)c1ccc(OCC(N)=O)cc1. The lowest BCUT2D eigenvalue weighted by molar-refractivity contribution is -0.124. The van der Waals surface area contributed by atoms with Crippen LogP contribution in [0.15, 0.2) is 24.3 Å². The Morgan fingerprint density at radius 3 is 2.36 bits per heavy atom. The summed E-state index contributed by atoms with van der Waals surface area (Å²) in [5, 5.41) is 2.55. The number of hydrogen-bond donors (Lipinski definition) is 2. The van der Waals surface area contributed by atoms with Crippen LogP contribution in [0, 0.1) is 5.92 Å². The predicted molar refractivity (Wildman–Crippen MR) is 81.3 cm³/mol. The van der Waals surface area contributed by atoms with Gasteiger partial charge in [-0.15, -0.1) is 0 Å². The van der Waals surface area contributed by atoms with Crippen molar-refractivity contribution in [2.75, 3.05) is 27.2 Å². The van der Waals surface area contributed by atoms with Gasteiger partial charge in [0.25, 0.3) is 11.8 Å². The maximum atomic E-state index is 12.2. The molecule has 0 aliphatic heterocycles. The van der Waals surface area contributed by atoms with Crippen LogP contribution in [0.3, 0.4) is 0 Å². The van der Waals surface area contributed by atoms with Crippen molar-refractivity contribution >= 4 is 17.7 Å². The fraction of sp³-hybridized carbons (Fsp3) is 0.400. The monoisotopic (exact) mass is 307 g/mol. The summed E-state index contributed by atoms with van der Waals surface area (Å²) in [6.45, 7) is 1.86. The van der Waals surface area contributed by atoms with Gasteiger partial charge in [-0.1, -0.05) is 6.92 Å². The van der Waals surface area contributed by atoms with E-state index in [4.69, 9.17) is 10.5 Å². The van der Waals surface area contributed by atoms with Gasteiger partial charge in [0.15, 0.2) is 6.61 Å². The minimum absolute atomic E-state index is 0.116. The van der Waals surface area contributed by atoms with Crippen molar-refractivity contribution in [2.24, 2.45) is 11.7 Å². The van der Waals surface area contributed by atoms with E-state index >= 15 is 0 Å². The Kier molecular flexibility index (Phi) is 6.37. The maximum absolute atomic E-state index is 12.2. The van der Waals surface area contributed by atoms with Gasteiger partial charge in [-0.25, -0.2) is 0 Å². The zero-order valence-corrected chi connectivity index (χ0v) is 13.0. The summed E-state index contributed by atoms with van der Waals surface area (Å²) in [5.74, 6) is -0.719. The fourth-order valence-electron chi connectivity index (χ4n) is 1.89. The molecule has 0 saturated carbocycles. The van der Waals surface area contributed by atoms with Gasteiger partial charge >= 0.3 is 0 Å². The first kappa shape index (κ1) is 17.5. The summed E-state index contributed by atoms with van der Waals surface area (Å²) in [6, 6.07) is 6.37. The Morgan fingerprint density at radius 1 is 1.27 bits per heavy atom. The molecule has 0 bridgehead atoms. The average molecular weight is 307 g/mol. The molecule has 1 atom stereocenters. The zero-order chi connectivity index (χ0) is 16.7. The van der Waals surface area contributed by atoms with E-state index in [-0.39, 0.29) is 24.3 Å². The number of carbonyl (C=O) groups excluding carboxylic acids is 3. The van der Waals surface area contributed by atoms with E-state index in [0.29, 0.717) is 17.9 Å². The van der Waals surface area contributed by atoms with Gasteiger partial charge in [0.05, 0.1) is 5.92 Å². The molecule has 120 valence electrons. The number of carbonyl (C=O) groups is 3. The van der Waals surface area contributed by atoms with E-state index in [9.17, 15) is 14.4 Å². The molecule has 3 amide bonds. The second-order valence-corrected chi connectivity index (χ2v) is 4.98. The Bertz CT molecular complexity index is 542. The highest BCUT2D eigenvalue weighted by Crippen LogP contribution is 2.14. The molecule has 0 saturated heterocycles. The second-order valence-electron chi connectivity index (χ2n) is 4.98. The summed E-state index contributed by atoms with van der Waals surface area (Å²) < 4.78 is 5.12. The van der Waals surface area contributed by atoms with E-state index in [1.54, 1.807) is 45.3 Å². The van der Waals surface area contributed by atoms with E-state index in [1.165, 1.54) is 4.90 Å². The van der Waals surface area contributed by atoms with Crippen molar-refractivity contribution in [3.63, 3.8) is 0 Å². The first-order valence-electron chi connectivity index (χ1n) is 6.83. The van der Waals surface area contributed by atoms with Gasteiger partial charge < -0.3 is 20.7 Å². The highest BCUT2D eigenvalue weighted by atomic mass is 16.5. The molecule has 0 spiro atoms. The minimum Gasteiger partial charge on any atom is -0.484 e. The van der Waals surface area contributed by atoms with Crippen LogP contribution in [-0.2, 0) is 9.59 Å². The van der Waals surface area contributed by atoms with E-state index in [2.05, 4.69) is 5.32 Å². The van der Waals surface area contributed by atoms with Gasteiger partial charge in [-0.3, -0.25) is 14.4 Å². The third-order valence-corrected chi connectivity index (χ3v) is 3.07. The number of primary amides is 1. The number of hydrogen-bond acceptors (Lipinski definition) is 4. The Hall–Kier alpha value is -2.57. The first-order valence-corrected chi connectivity index (χ1v) is 6.83. The highest BCUT2D eigenvalue weighted by Gasteiger charge is 2.18. The lowest BCUT2D eigenvalue weighted by atomic mass is 10.1. The Balaban J connectivity index is 2.64. The van der Waals surface area contributed by atoms with Crippen LogP contribution in [-0.4, -0.2) is 49.9 Å². The molecule has 1 rings (SSSR count). The summed E-state index contributed by atoms with van der Waals surface area (Å²) in [4.78, 5) is 35.8. The number of nitrogens with zero attached hydrogens (tertiary/aromatic N) is 1. The molecular formula is C15H21N3O4.